The van der Waals surface area contributed by atoms with Gasteiger partial charge in [0.1, 0.15) is 6.26 Å². The molecule has 0 saturated carbocycles. The predicted octanol–water partition coefficient (Wildman–Crippen LogP) is 3.17. The van der Waals surface area contributed by atoms with E-state index < -0.39 is 0 Å². The minimum atomic E-state index is 0. The minimum absolute atomic E-state index is 0. The summed E-state index contributed by atoms with van der Waals surface area (Å²) in [6.07, 6.45) is 1.63. The number of anilines is 1. The van der Waals surface area contributed by atoms with Gasteiger partial charge in [0, 0.05) is 17.2 Å². The lowest BCUT2D eigenvalue weighted by atomic mass is 9.88. The van der Waals surface area contributed by atoms with E-state index in [0.29, 0.717) is 11.8 Å². The molecule has 5 nitrogen and oxygen atoms in total. The van der Waals surface area contributed by atoms with Gasteiger partial charge in [-0.15, -0.1) is 12.4 Å². The highest BCUT2D eigenvalue weighted by Gasteiger charge is 2.28. The summed E-state index contributed by atoms with van der Waals surface area (Å²) in [4.78, 5) is 16.7. The largest absolute Gasteiger partial charge is 0.444 e. The summed E-state index contributed by atoms with van der Waals surface area (Å²) >= 11 is 0. The van der Waals surface area contributed by atoms with Crippen LogP contribution in [0.4, 0.5) is 5.69 Å². The normalized spacial score (nSPS) is 15.4. The van der Waals surface area contributed by atoms with Crippen molar-refractivity contribution in [3.05, 3.63) is 35.7 Å². The van der Waals surface area contributed by atoms with Crippen LogP contribution in [0.2, 0.25) is 0 Å². The molecule has 1 aliphatic heterocycles. The van der Waals surface area contributed by atoms with E-state index in [1.54, 1.807) is 6.26 Å². The van der Waals surface area contributed by atoms with Gasteiger partial charge in [0.2, 0.25) is 11.8 Å². The maximum Gasteiger partial charge on any atom is 0.227 e. The van der Waals surface area contributed by atoms with Crippen LogP contribution in [0.1, 0.15) is 18.2 Å². The summed E-state index contributed by atoms with van der Waals surface area (Å²) in [5.74, 6) is 1.08. The van der Waals surface area contributed by atoms with E-state index in [4.69, 9.17) is 4.42 Å². The lowest BCUT2D eigenvalue weighted by molar-refractivity contribution is -0.121. The Labute approximate surface area is 142 Å². The van der Waals surface area contributed by atoms with Gasteiger partial charge >= 0.3 is 0 Å². The molecule has 0 aliphatic carbocycles. The van der Waals surface area contributed by atoms with Crippen LogP contribution in [0, 0.1) is 25.7 Å². The Morgan fingerprint density at radius 3 is 2.70 bits per heavy atom. The lowest BCUT2D eigenvalue weighted by Crippen LogP contribution is -2.48. The molecule has 2 N–H and O–H groups in total. The molecule has 0 spiro atoms. The number of nitrogens with one attached hydrogen (secondary N) is 2. The summed E-state index contributed by atoms with van der Waals surface area (Å²) in [5, 5.41) is 6.20. The monoisotopic (exact) mass is 335 g/mol. The molecule has 23 heavy (non-hydrogen) atoms. The summed E-state index contributed by atoms with van der Waals surface area (Å²) < 4.78 is 5.47. The van der Waals surface area contributed by atoms with Gasteiger partial charge in [0.05, 0.1) is 5.69 Å². The molecule has 1 amide bonds. The highest BCUT2D eigenvalue weighted by molar-refractivity contribution is 5.93. The van der Waals surface area contributed by atoms with Crippen molar-refractivity contribution in [1.29, 1.82) is 0 Å². The molecule has 1 aromatic carbocycles. The number of rotatable bonds is 4. The first kappa shape index (κ1) is 17.5. The minimum Gasteiger partial charge on any atom is -0.444 e. The molecule has 1 fully saturated rings. The van der Waals surface area contributed by atoms with Crippen molar-refractivity contribution in [3.63, 3.8) is 0 Å². The Bertz CT molecular complexity index is 695. The number of halogens is 1. The number of amides is 1. The van der Waals surface area contributed by atoms with E-state index in [1.807, 2.05) is 39.0 Å². The van der Waals surface area contributed by atoms with E-state index in [1.165, 1.54) is 0 Å². The zero-order chi connectivity index (χ0) is 15.7. The van der Waals surface area contributed by atoms with Gasteiger partial charge in [-0.25, -0.2) is 4.98 Å². The van der Waals surface area contributed by atoms with Crippen LogP contribution in [0.3, 0.4) is 0 Å². The maximum atomic E-state index is 12.3. The van der Waals surface area contributed by atoms with Gasteiger partial charge in [-0.3, -0.25) is 4.79 Å². The van der Waals surface area contributed by atoms with Crippen molar-refractivity contribution >= 4 is 24.0 Å². The number of aromatic nitrogens is 1. The van der Waals surface area contributed by atoms with Gasteiger partial charge in [0.25, 0.3) is 0 Å². The SMILES string of the molecule is Cc1coc(-c2cc(NC(=O)C(C)C3CNC3)ccc2C)n1.Cl. The molecule has 3 rings (SSSR count). The zero-order valence-corrected chi connectivity index (χ0v) is 14.4. The number of aryl methyl sites for hydroxylation is 2. The highest BCUT2D eigenvalue weighted by Crippen LogP contribution is 2.27. The van der Waals surface area contributed by atoms with Crippen LogP contribution < -0.4 is 10.6 Å². The molecule has 1 aliphatic rings. The van der Waals surface area contributed by atoms with Crippen molar-refractivity contribution in [1.82, 2.24) is 10.3 Å². The van der Waals surface area contributed by atoms with Gasteiger partial charge in [0.15, 0.2) is 0 Å². The number of carbonyl (C=O) groups excluding carboxylic acids is 1. The van der Waals surface area contributed by atoms with Crippen LogP contribution in [0.25, 0.3) is 11.5 Å². The van der Waals surface area contributed by atoms with Gasteiger partial charge < -0.3 is 15.1 Å². The van der Waals surface area contributed by atoms with Crippen LogP contribution in [0.5, 0.6) is 0 Å². The number of hydrogen-bond donors (Lipinski definition) is 2. The molecule has 1 unspecified atom stereocenters. The van der Waals surface area contributed by atoms with E-state index >= 15 is 0 Å². The number of carbonyl (C=O) groups is 1. The average Bonchev–Trinajstić information content (AvgIpc) is 2.85. The number of benzene rings is 1. The van der Waals surface area contributed by atoms with Crippen molar-refractivity contribution in [2.45, 2.75) is 20.8 Å². The predicted molar refractivity (Wildman–Crippen MR) is 92.8 cm³/mol. The van der Waals surface area contributed by atoms with Crippen molar-refractivity contribution in [3.8, 4) is 11.5 Å². The van der Waals surface area contributed by atoms with Gasteiger partial charge in [-0.05, 0) is 50.6 Å². The number of nitrogens with zero attached hydrogens (tertiary/aromatic N) is 1. The third-order valence-corrected chi connectivity index (χ3v) is 4.29. The van der Waals surface area contributed by atoms with Crippen LogP contribution in [-0.2, 0) is 4.79 Å². The molecule has 2 aromatic rings. The zero-order valence-electron chi connectivity index (χ0n) is 13.6. The van der Waals surface area contributed by atoms with E-state index in [9.17, 15) is 4.79 Å². The molecule has 124 valence electrons. The Balaban J connectivity index is 0.00000192. The molecular formula is C17H22ClN3O2. The van der Waals surface area contributed by atoms with Crippen LogP contribution in [-0.4, -0.2) is 24.0 Å². The maximum absolute atomic E-state index is 12.3. The lowest BCUT2D eigenvalue weighted by Gasteiger charge is -2.31. The molecule has 0 bridgehead atoms. The fraction of sp³-hybridized carbons (Fsp3) is 0.412. The summed E-state index contributed by atoms with van der Waals surface area (Å²) in [6.45, 7) is 7.71. The van der Waals surface area contributed by atoms with Crippen molar-refractivity contribution in [2.75, 3.05) is 18.4 Å². The number of oxazole rings is 1. The Morgan fingerprint density at radius 2 is 2.13 bits per heavy atom. The summed E-state index contributed by atoms with van der Waals surface area (Å²) in [6, 6.07) is 5.81. The molecule has 2 heterocycles. The third-order valence-electron chi connectivity index (χ3n) is 4.29. The smallest absolute Gasteiger partial charge is 0.227 e. The fourth-order valence-electron chi connectivity index (χ4n) is 2.54. The number of hydrogen-bond acceptors (Lipinski definition) is 4. The third kappa shape index (κ3) is 3.74. The molecule has 1 aromatic heterocycles. The van der Waals surface area contributed by atoms with Crippen molar-refractivity contribution < 1.29 is 9.21 Å². The Kier molecular flexibility index (Phi) is 5.44. The molecule has 1 atom stereocenters. The van der Waals surface area contributed by atoms with Crippen molar-refractivity contribution in [2.24, 2.45) is 11.8 Å². The molecule has 0 radical (unpaired) electrons. The Hall–Kier alpha value is -1.85. The van der Waals surface area contributed by atoms with E-state index in [-0.39, 0.29) is 24.2 Å². The highest BCUT2D eigenvalue weighted by atomic mass is 35.5. The van der Waals surface area contributed by atoms with Gasteiger partial charge in [-0.2, -0.15) is 0 Å². The van der Waals surface area contributed by atoms with Gasteiger partial charge in [-0.1, -0.05) is 13.0 Å². The van der Waals surface area contributed by atoms with E-state index in [2.05, 4.69) is 15.6 Å². The first-order valence-corrected chi connectivity index (χ1v) is 7.59. The average molecular weight is 336 g/mol. The topological polar surface area (TPSA) is 67.2 Å². The molecular weight excluding hydrogens is 314 g/mol. The van der Waals surface area contributed by atoms with E-state index in [0.717, 1.165) is 35.6 Å². The quantitative estimate of drug-likeness (QED) is 0.900. The summed E-state index contributed by atoms with van der Waals surface area (Å²) in [7, 11) is 0. The Morgan fingerprint density at radius 1 is 1.39 bits per heavy atom. The summed E-state index contributed by atoms with van der Waals surface area (Å²) in [5.41, 5.74) is 3.59. The second-order valence-corrected chi connectivity index (χ2v) is 6.02. The van der Waals surface area contributed by atoms with Crippen LogP contribution in [0.15, 0.2) is 28.9 Å². The molecule has 1 saturated heterocycles. The first-order valence-electron chi connectivity index (χ1n) is 7.59. The second-order valence-electron chi connectivity index (χ2n) is 6.02. The second kappa shape index (κ2) is 7.15. The molecule has 6 heteroatoms. The van der Waals surface area contributed by atoms with Crippen LogP contribution >= 0.6 is 12.4 Å². The standard InChI is InChI=1S/C17H21N3O2.ClH/c1-10-4-5-14(6-15(10)17-19-11(2)9-22-17)20-16(21)12(3)13-7-18-8-13;/h4-6,9,12-13,18H,7-8H2,1-3H3,(H,20,21);1H. The first-order chi connectivity index (χ1) is 10.5. The fourth-order valence-corrected chi connectivity index (χ4v) is 2.54.